The molecule has 0 saturated carbocycles. The van der Waals surface area contributed by atoms with Crippen LogP contribution in [0.4, 0.5) is 4.39 Å². The molecule has 0 aliphatic carbocycles. The van der Waals surface area contributed by atoms with Crippen LogP contribution in [0.1, 0.15) is 30.9 Å². The Morgan fingerprint density at radius 3 is 2.69 bits per heavy atom. The van der Waals surface area contributed by atoms with Crippen molar-refractivity contribution in [3.8, 4) is 11.8 Å². The maximum atomic E-state index is 13.5. The number of ether oxygens (including phenoxy) is 1. The standard InChI is InChI=1S/C19H21FN2O3S/c1-2-12-25-19-10-9-17(13-16(19)14-21)26(23,24)22-11-5-7-15-6-3-4-8-18(15)20/h3-4,6,8-10,13,22H,2,5,7,11-12H2,1H3. The van der Waals surface area contributed by atoms with Crippen molar-refractivity contribution in [3.05, 3.63) is 59.4 Å². The van der Waals surface area contributed by atoms with Gasteiger partial charge in [-0.3, -0.25) is 0 Å². The van der Waals surface area contributed by atoms with Crippen molar-refractivity contribution in [3.63, 3.8) is 0 Å². The van der Waals surface area contributed by atoms with Crippen molar-refractivity contribution in [1.29, 1.82) is 5.26 Å². The Morgan fingerprint density at radius 1 is 1.23 bits per heavy atom. The first kappa shape index (κ1) is 19.9. The normalized spacial score (nSPS) is 11.1. The molecule has 0 spiro atoms. The van der Waals surface area contributed by atoms with E-state index >= 15 is 0 Å². The van der Waals surface area contributed by atoms with Gasteiger partial charge in [-0.25, -0.2) is 17.5 Å². The molecule has 138 valence electrons. The van der Waals surface area contributed by atoms with Gasteiger partial charge in [0.15, 0.2) is 0 Å². The number of hydrogen-bond donors (Lipinski definition) is 1. The van der Waals surface area contributed by atoms with E-state index in [1.165, 1.54) is 24.3 Å². The fourth-order valence-electron chi connectivity index (χ4n) is 2.37. The third-order valence-electron chi connectivity index (χ3n) is 3.72. The number of aryl methyl sites for hydroxylation is 1. The molecule has 26 heavy (non-hydrogen) atoms. The molecule has 2 aromatic carbocycles. The predicted octanol–water partition coefficient (Wildman–Crippen LogP) is 3.40. The zero-order valence-electron chi connectivity index (χ0n) is 14.5. The van der Waals surface area contributed by atoms with Crippen molar-refractivity contribution >= 4 is 10.0 Å². The number of rotatable bonds is 9. The third kappa shape index (κ3) is 5.28. The van der Waals surface area contributed by atoms with Crippen molar-refractivity contribution in [2.75, 3.05) is 13.2 Å². The molecule has 0 atom stereocenters. The summed E-state index contributed by atoms with van der Waals surface area (Å²) in [7, 11) is -3.75. The van der Waals surface area contributed by atoms with Crippen LogP contribution >= 0.6 is 0 Å². The Labute approximate surface area is 153 Å². The Kier molecular flexibility index (Phi) is 7.13. The average molecular weight is 376 g/mol. The van der Waals surface area contributed by atoms with Crippen molar-refractivity contribution in [2.24, 2.45) is 0 Å². The fourth-order valence-corrected chi connectivity index (χ4v) is 3.47. The van der Waals surface area contributed by atoms with E-state index in [9.17, 15) is 18.1 Å². The summed E-state index contributed by atoms with van der Waals surface area (Å²) in [6.07, 6.45) is 1.68. The lowest BCUT2D eigenvalue weighted by molar-refractivity contribution is 0.316. The molecule has 0 heterocycles. The van der Waals surface area contributed by atoms with Gasteiger partial charge in [0.05, 0.1) is 17.1 Å². The highest BCUT2D eigenvalue weighted by molar-refractivity contribution is 7.89. The number of nitriles is 1. The molecule has 0 fully saturated rings. The van der Waals surface area contributed by atoms with Crippen LogP contribution in [0.3, 0.4) is 0 Å². The first-order valence-corrected chi connectivity index (χ1v) is 9.86. The van der Waals surface area contributed by atoms with Crippen LogP contribution in [0.15, 0.2) is 47.4 Å². The van der Waals surface area contributed by atoms with Gasteiger partial charge in [0.1, 0.15) is 17.6 Å². The van der Waals surface area contributed by atoms with Crippen molar-refractivity contribution in [1.82, 2.24) is 4.72 Å². The van der Waals surface area contributed by atoms with Gasteiger partial charge >= 0.3 is 0 Å². The highest BCUT2D eigenvalue weighted by Crippen LogP contribution is 2.22. The molecule has 7 heteroatoms. The highest BCUT2D eigenvalue weighted by Gasteiger charge is 2.16. The van der Waals surface area contributed by atoms with Crippen molar-refractivity contribution in [2.45, 2.75) is 31.1 Å². The summed E-state index contributed by atoms with van der Waals surface area (Å²) in [5.74, 6) is 0.0736. The molecule has 2 aromatic rings. The molecule has 0 amide bonds. The first-order valence-electron chi connectivity index (χ1n) is 8.38. The second kappa shape index (κ2) is 9.32. The minimum Gasteiger partial charge on any atom is -0.492 e. The number of sulfonamides is 1. The second-order valence-corrected chi connectivity index (χ2v) is 7.48. The summed E-state index contributed by atoms with van der Waals surface area (Å²) in [5, 5.41) is 9.19. The van der Waals surface area contributed by atoms with E-state index in [4.69, 9.17) is 4.74 Å². The molecule has 5 nitrogen and oxygen atoms in total. The lowest BCUT2D eigenvalue weighted by Gasteiger charge is -2.10. The van der Waals surface area contributed by atoms with Gasteiger partial charge in [-0.15, -0.1) is 0 Å². The lowest BCUT2D eigenvalue weighted by Crippen LogP contribution is -2.25. The Hall–Kier alpha value is -2.43. The minimum atomic E-state index is -3.75. The number of nitrogens with zero attached hydrogens (tertiary/aromatic N) is 1. The van der Waals surface area contributed by atoms with E-state index in [1.54, 1.807) is 18.2 Å². The van der Waals surface area contributed by atoms with Gasteiger partial charge in [0.2, 0.25) is 10.0 Å². The molecule has 0 aliphatic heterocycles. The van der Waals surface area contributed by atoms with E-state index in [2.05, 4.69) is 4.72 Å². The minimum absolute atomic E-state index is 0.00351. The molecule has 1 N–H and O–H groups in total. The lowest BCUT2D eigenvalue weighted by atomic mass is 10.1. The third-order valence-corrected chi connectivity index (χ3v) is 5.17. The zero-order valence-corrected chi connectivity index (χ0v) is 15.4. The van der Waals surface area contributed by atoms with Crippen LogP contribution < -0.4 is 9.46 Å². The number of hydrogen-bond acceptors (Lipinski definition) is 4. The summed E-state index contributed by atoms with van der Waals surface area (Å²) in [6.45, 7) is 2.57. The van der Waals surface area contributed by atoms with Gasteiger partial charge in [0, 0.05) is 6.54 Å². The summed E-state index contributed by atoms with van der Waals surface area (Å²) in [5.41, 5.74) is 0.726. The van der Waals surface area contributed by atoms with E-state index in [0.717, 1.165) is 6.42 Å². The molecule has 0 aliphatic rings. The number of benzene rings is 2. The van der Waals surface area contributed by atoms with Gasteiger partial charge in [-0.2, -0.15) is 5.26 Å². The van der Waals surface area contributed by atoms with Crippen molar-refractivity contribution < 1.29 is 17.5 Å². The van der Waals surface area contributed by atoms with Crippen LogP contribution in [-0.2, 0) is 16.4 Å². The monoisotopic (exact) mass is 376 g/mol. The van der Waals surface area contributed by atoms with E-state index < -0.39 is 10.0 Å². The summed E-state index contributed by atoms with van der Waals surface area (Å²) >= 11 is 0. The van der Waals surface area contributed by atoms with Gasteiger partial charge in [-0.1, -0.05) is 25.1 Å². The van der Waals surface area contributed by atoms with Crippen LogP contribution in [-0.4, -0.2) is 21.6 Å². The molecule has 0 saturated heterocycles. The number of nitrogens with one attached hydrogen (secondary N) is 1. The molecule has 0 bridgehead atoms. The highest BCUT2D eigenvalue weighted by atomic mass is 32.2. The smallest absolute Gasteiger partial charge is 0.240 e. The predicted molar refractivity (Wildman–Crippen MR) is 96.9 cm³/mol. The maximum absolute atomic E-state index is 13.5. The Bertz CT molecular complexity index is 892. The molecule has 2 rings (SSSR count). The van der Waals surface area contributed by atoms with Gasteiger partial charge < -0.3 is 4.74 Å². The Balaban J connectivity index is 1.99. The summed E-state index contributed by atoms with van der Waals surface area (Å²) in [4.78, 5) is 0.00351. The maximum Gasteiger partial charge on any atom is 0.240 e. The topological polar surface area (TPSA) is 79.2 Å². The SMILES string of the molecule is CCCOc1ccc(S(=O)(=O)NCCCc2ccccc2F)cc1C#N. The van der Waals surface area contributed by atoms with Crippen LogP contribution in [0.25, 0.3) is 0 Å². The van der Waals surface area contributed by atoms with Crippen LogP contribution in [0, 0.1) is 17.1 Å². The summed E-state index contributed by atoms with van der Waals surface area (Å²) in [6, 6.07) is 12.6. The second-order valence-electron chi connectivity index (χ2n) is 5.71. The molecule has 0 aromatic heterocycles. The number of halogens is 1. The average Bonchev–Trinajstić information content (AvgIpc) is 2.64. The van der Waals surface area contributed by atoms with Crippen LogP contribution in [0.5, 0.6) is 5.75 Å². The first-order chi connectivity index (χ1) is 12.5. The van der Waals surface area contributed by atoms with Crippen LogP contribution in [0.2, 0.25) is 0 Å². The quantitative estimate of drug-likeness (QED) is 0.680. The van der Waals surface area contributed by atoms with E-state index in [0.29, 0.717) is 30.8 Å². The van der Waals surface area contributed by atoms with Gasteiger partial charge in [0.25, 0.3) is 0 Å². The van der Waals surface area contributed by atoms with Gasteiger partial charge in [-0.05, 0) is 49.1 Å². The fraction of sp³-hybridized carbons (Fsp3) is 0.316. The van der Waals surface area contributed by atoms with E-state index in [-0.39, 0.29) is 22.8 Å². The van der Waals surface area contributed by atoms with E-state index in [1.807, 2.05) is 13.0 Å². The molecular formula is C19H21FN2O3S. The summed E-state index contributed by atoms with van der Waals surface area (Å²) < 4.78 is 46.2. The zero-order chi connectivity index (χ0) is 19.0. The molecule has 0 unspecified atom stereocenters. The largest absolute Gasteiger partial charge is 0.492 e. The molecular weight excluding hydrogens is 355 g/mol. The molecule has 0 radical (unpaired) electrons. The Morgan fingerprint density at radius 2 is 2.00 bits per heavy atom.